The van der Waals surface area contributed by atoms with Gasteiger partial charge >= 0.3 is 0 Å². The molecule has 3 saturated heterocycles. The SMILES string of the molecule is CC1(C)[C@@H]2[C@H]3C(=O)N[C@H](C#N)C[C@@H]4C(O)NC[C@@H]4CCCC[C@H](NC(=O)CC4CCCC4)C(=O)N3C[C@@H]21. The van der Waals surface area contributed by atoms with Crippen molar-refractivity contribution in [3.8, 4) is 6.07 Å². The predicted molar refractivity (Wildman–Crippen MR) is 136 cm³/mol. The van der Waals surface area contributed by atoms with Crippen molar-refractivity contribution >= 4 is 17.7 Å². The van der Waals surface area contributed by atoms with Crippen LogP contribution in [0.3, 0.4) is 0 Å². The van der Waals surface area contributed by atoms with Crippen LogP contribution in [0.1, 0.15) is 78.1 Å². The highest BCUT2D eigenvalue weighted by atomic mass is 16.3. The highest BCUT2D eigenvalue weighted by molar-refractivity contribution is 5.93. The smallest absolute Gasteiger partial charge is 0.245 e. The molecule has 8 atom stereocenters. The molecule has 3 amide bonds. The van der Waals surface area contributed by atoms with Gasteiger partial charge in [0.2, 0.25) is 17.7 Å². The van der Waals surface area contributed by atoms with Crippen LogP contribution in [0.25, 0.3) is 0 Å². The number of hydrogen-bond acceptors (Lipinski definition) is 6. The number of carbonyl (C=O) groups excluding carboxylic acids is 3. The molecule has 2 aliphatic carbocycles. The van der Waals surface area contributed by atoms with Crippen LogP contribution in [0.15, 0.2) is 0 Å². The molecule has 0 aromatic carbocycles. The summed E-state index contributed by atoms with van der Waals surface area (Å²) in [7, 11) is 0. The average Bonchev–Trinajstić information content (AvgIpc) is 3.39. The number of piperidine rings is 1. The number of aliphatic hydroxyl groups excluding tert-OH is 1. The standard InChI is InChI=1S/C28H43N5O4/c1-28(2)20-15-33-24(23(20)28)26(36)31-18(13-29)12-19-17(14-30-25(19)35)9-5-6-10-21(27(33)37)32-22(34)11-16-7-3-4-8-16/h16-21,23-25,30,35H,3-12,14-15H2,1-2H3,(H,31,36)(H,32,34)/t17-,18-,19-,20-,21-,23-,24-,25?/m0/s1. The van der Waals surface area contributed by atoms with E-state index in [-0.39, 0.29) is 46.8 Å². The maximum Gasteiger partial charge on any atom is 0.245 e. The zero-order valence-electron chi connectivity index (χ0n) is 22.2. The third-order valence-corrected chi connectivity index (χ3v) is 10.2. The quantitative estimate of drug-likeness (QED) is 0.453. The Bertz CT molecular complexity index is 941. The zero-order valence-corrected chi connectivity index (χ0v) is 22.2. The van der Waals surface area contributed by atoms with E-state index in [1.165, 1.54) is 12.8 Å². The van der Waals surface area contributed by atoms with Crippen molar-refractivity contribution in [2.45, 2.75) is 102 Å². The molecule has 204 valence electrons. The molecule has 5 fully saturated rings. The Labute approximate surface area is 220 Å². The van der Waals surface area contributed by atoms with Gasteiger partial charge in [0.1, 0.15) is 24.4 Å². The van der Waals surface area contributed by atoms with Crippen LogP contribution in [0.2, 0.25) is 0 Å². The fourth-order valence-electron chi connectivity index (χ4n) is 7.90. The van der Waals surface area contributed by atoms with Crippen LogP contribution in [0, 0.1) is 46.3 Å². The molecule has 0 bridgehead atoms. The molecule has 0 radical (unpaired) electrons. The molecule has 2 saturated carbocycles. The number of nitrogens with zero attached hydrogens (tertiary/aromatic N) is 2. The maximum absolute atomic E-state index is 13.9. The second kappa shape index (κ2) is 10.5. The van der Waals surface area contributed by atoms with Crippen molar-refractivity contribution in [2.75, 3.05) is 13.1 Å². The van der Waals surface area contributed by atoms with E-state index >= 15 is 0 Å². The molecule has 5 rings (SSSR count). The van der Waals surface area contributed by atoms with Gasteiger partial charge in [-0.05, 0) is 61.2 Å². The summed E-state index contributed by atoms with van der Waals surface area (Å²) >= 11 is 0. The van der Waals surface area contributed by atoms with E-state index in [4.69, 9.17) is 0 Å². The number of hydrogen-bond donors (Lipinski definition) is 4. The van der Waals surface area contributed by atoms with E-state index in [0.29, 0.717) is 38.3 Å². The summed E-state index contributed by atoms with van der Waals surface area (Å²) in [5, 5.41) is 29.5. The third-order valence-electron chi connectivity index (χ3n) is 10.2. The molecule has 5 aliphatic rings. The van der Waals surface area contributed by atoms with Crippen LogP contribution >= 0.6 is 0 Å². The van der Waals surface area contributed by atoms with Crippen molar-refractivity contribution in [1.29, 1.82) is 5.26 Å². The second-order valence-electron chi connectivity index (χ2n) is 12.9. The Morgan fingerprint density at radius 2 is 1.86 bits per heavy atom. The minimum atomic E-state index is -0.725. The lowest BCUT2D eigenvalue weighted by Crippen LogP contribution is -2.57. The lowest BCUT2D eigenvalue weighted by molar-refractivity contribution is -0.143. The van der Waals surface area contributed by atoms with E-state index in [1.807, 2.05) is 0 Å². The Morgan fingerprint density at radius 1 is 1.16 bits per heavy atom. The van der Waals surface area contributed by atoms with Crippen molar-refractivity contribution < 1.29 is 19.5 Å². The minimum Gasteiger partial charge on any atom is -0.378 e. The van der Waals surface area contributed by atoms with Gasteiger partial charge in [0, 0.05) is 25.4 Å². The van der Waals surface area contributed by atoms with Crippen LogP contribution in [0.5, 0.6) is 0 Å². The van der Waals surface area contributed by atoms with Gasteiger partial charge in [-0.1, -0.05) is 39.5 Å². The Kier molecular flexibility index (Phi) is 7.52. The monoisotopic (exact) mass is 513 g/mol. The maximum atomic E-state index is 13.9. The number of fused-ring (bicyclic) bond motifs is 4. The van der Waals surface area contributed by atoms with E-state index < -0.39 is 24.4 Å². The van der Waals surface area contributed by atoms with Crippen molar-refractivity contribution in [1.82, 2.24) is 20.9 Å². The molecule has 0 aromatic rings. The summed E-state index contributed by atoms with van der Waals surface area (Å²) in [4.78, 5) is 42.1. The van der Waals surface area contributed by atoms with Gasteiger partial charge in [-0.3, -0.25) is 19.7 Å². The summed E-state index contributed by atoms with van der Waals surface area (Å²) in [6, 6.07) is 0.228. The molecule has 9 nitrogen and oxygen atoms in total. The van der Waals surface area contributed by atoms with Crippen molar-refractivity contribution in [2.24, 2.45) is 35.0 Å². The highest BCUT2D eigenvalue weighted by Gasteiger charge is 2.69. The van der Waals surface area contributed by atoms with Crippen LogP contribution in [-0.2, 0) is 14.4 Å². The van der Waals surface area contributed by atoms with Gasteiger partial charge in [-0.15, -0.1) is 0 Å². The highest BCUT2D eigenvalue weighted by Crippen LogP contribution is 2.65. The van der Waals surface area contributed by atoms with Gasteiger partial charge in [0.05, 0.1) is 6.07 Å². The van der Waals surface area contributed by atoms with Crippen molar-refractivity contribution in [3.63, 3.8) is 0 Å². The van der Waals surface area contributed by atoms with Crippen molar-refractivity contribution in [3.05, 3.63) is 0 Å². The minimum absolute atomic E-state index is 0.0375. The molecule has 0 spiro atoms. The summed E-state index contributed by atoms with van der Waals surface area (Å²) < 4.78 is 0. The van der Waals surface area contributed by atoms with Crippen LogP contribution in [0.4, 0.5) is 0 Å². The van der Waals surface area contributed by atoms with Crippen LogP contribution < -0.4 is 16.0 Å². The first-order valence-electron chi connectivity index (χ1n) is 14.4. The summed E-state index contributed by atoms with van der Waals surface area (Å²) in [6.07, 6.45) is 7.70. The molecule has 0 aromatic heterocycles. The topological polar surface area (TPSA) is 135 Å². The molecule has 37 heavy (non-hydrogen) atoms. The normalized spacial score (nSPS) is 40.1. The van der Waals surface area contributed by atoms with E-state index in [2.05, 4.69) is 35.9 Å². The van der Waals surface area contributed by atoms with E-state index in [9.17, 15) is 24.8 Å². The largest absolute Gasteiger partial charge is 0.378 e. The molecule has 3 heterocycles. The lowest BCUT2D eigenvalue weighted by atomic mass is 9.85. The number of rotatable bonds is 3. The third kappa shape index (κ3) is 5.24. The lowest BCUT2D eigenvalue weighted by Gasteiger charge is -2.34. The fraction of sp³-hybridized carbons (Fsp3) is 0.857. The van der Waals surface area contributed by atoms with Gasteiger partial charge < -0.3 is 20.6 Å². The Morgan fingerprint density at radius 3 is 2.59 bits per heavy atom. The number of aliphatic hydroxyl groups is 1. The number of amides is 3. The summed E-state index contributed by atoms with van der Waals surface area (Å²) in [6.45, 7) is 5.45. The Balaban J connectivity index is 1.37. The first-order chi connectivity index (χ1) is 17.7. The van der Waals surface area contributed by atoms with Gasteiger partial charge in [0.15, 0.2) is 0 Å². The molecular formula is C28H43N5O4. The van der Waals surface area contributed by atoms with Gasteiger partial charge in [-0.2, -0.15) is 5.26 Å². The zero-order chi connectivity index (χ0) is 26.3. The predicted octanol–water partition coefficient (Wildman–Crippen LogP) is 1.66. The molecule has 3 aliphatic heterocycles. The van der Waals surface area contributed by atoms with E-state index in [0.717, 1.165) is 32.1 Å². The summed E-state index contributed by atoms with van der Waals surface area (Å²) in [5.74, 6) is 0.256. The second-order valence-corrected chi connectivity index (χ2v) is 12.9. The number of carbonyl (C=O) groups is 3. The molecule has 1 unspecified atom stereocenters. The first kappa shape index (κ1) is 26.4. The first-order valence-corrected chi connectivity index (χ1v) is 14.4. The fourth-order valence-corrected chi connectivity index (χ4v) is 7.90. The van der Waals surface area contributed by atoms with Crippen LogP contribution in [-0.4, -0.2) is 65.2 Å². The molecular weight excluding hydrogens is 470 g/mol. The van der Waals surface area contributed by atoms with Gasteiger partial charge in [0.25, 0.3) is 0 Å². The Hall–Kier alpha value is -2.18. The number of nitrogens with one attached hydrogen (secondary N) is 3. The van der Waals surface area contributed by atoms with Gasteiger partial charge in [-0.25, -0.2) is 0 Å². The molecule has 4 N–H and O–H groups in total. The van der Waals surface area contributed by atoms with E-state index in [1.54, 1.807) is 4.90 Å². The summed E-state index contributed by atoms with van der Waals surface area (Å²) in [5.41, 5.74) is -0.0375. The average molecular weight is 514 g/mol. The number of nitriles is 1. The molecule has 9 heteroatoms.